The number of likely N-dealkylation sites (tertiary alicyclic amines) is 1. The molecule has 128 valence electrons. The van der Waals surface area contributed by atoms with Crippen LogP contribution in [0.1, 0.15) is 47.0 Å². The smallest absolute Gasteiger partial charge is 0.229 e. The summed E-state index contributed by atoms with van der Waals surface area (Å²) >= 11 is 0. The molecule has 1 aliphatic rings. The molecule has 0 bridgehead atoms. The molecule has 5 heteroatoms. The maximum atomic E-state index is 13.0. The van der Waals surface area contributed by atoms with Crippen molar-refractivity contribution in [1.29, 1.82) is 0 Å². The first-order valence-electron chi connectivity index (χ1n) is 8.06. The molecule has 0 aromatic carbocycles. The zero-order chi connectivity index (χ0) is 16.9. The Hall–Kier alpha value is -0.940. The number of ketones is 1. The van der Waals surface area contributed by atoms with Gasteiger partial charge in [-0.25, -0.2) is 0 Å². The molecule has 0 radical (unpaired) electrons. The topological polar surface area (TPSA) is 55.8 Å². The van der Waals surface area contributed by atoms with Crippen LogP contribution in [0, 0.1) is 11.3 Å². The highest BCUT2D eigenvalue weighted by molar-refractivity contribution is 5.88. The van der Waals surface area contributed by atoms with Crippen LogP contribution in [-0.4, -0.2) is 56.1 Å². The van der Waals surface area contributed by atoms with Gasteiger partial charge in [-0.2, -0.15) is 0 Å². The SMILES string of the molecule is COCC(=O)CC(C(=O)N1CCCC1C(C)(C)C)C(C)OC. The summed E-state index contributed by atoms with van der Waals surface area (Å²) in [7, 11) is 3.07. The lowest BCUT2D eigenvalue weighted by Gasteiger charge is -2.37. The van der Waals surface area contributed by atoms with E-state index in [0.29, 0.717) is 0 Å². The lowest BCUT2D eigenvalue weighted by molar-refractivity contribution is -0.145. The number of hydrogen-bond donors (Lipinski definition) is 0. The third-order valence-corrected chi connectivity index (χ3v) is 4.54. The van der Waals surface area contributed by atoms with Crippen molar-refractivity contribution >= 4 is 11.7 Å². The minimum atomic E-state index is -0.435. The molecular weight excluding hydrogens is 282 g/mol. The monoisotopic (exact) mass is 313 g/mol. The van der Waals surface area contributed by atoms with E-state index in [2.05, 4.69) is 20.8 Å². The van der Waals surface area contributed by atoms with Crippen molar-refractivity contribution in [3.8, 4) is 0 Å². The number of Topliss-reactive ketones (excluding diaryl/α,β-unsaturated/α-hetero) is 1. The van der Waals surface area contributed by atoms with Crippen molar-refractivity contribution in [2.24, 2.45) is 11.3 Å². The molecule has 0 aromatic heterocycles. The first kappa shape index (κ1) is 19.1. The number of amides is 1. The number of hydrogen-bond acceptors (Lipinski definition) is 4. The van der Waals surface area contributed by atoms with Crippen LogP contribution in [0.5, 0.6) is 0 Å². The van der Waals surface area contributed by atoms with Gasteiger partial charge in [0, 0.05) is 33.2 Å². The van der Waals surface area contributed by atoms with Crippen LogP contribution in [0.4, 0.5) is 0 Å². The maximum absolute atomic E-state index is 13.0. The van der Waals surface area contributed by atoms with Crippen molar-refractivity contribution in [3.63, 3.8) is 0 Å². The molecule has 1 aliphatic heterocycles. The minimum Gasteiger partial charge on any atom is -0.381 e. The van der Waals surface area contributed by atoms with E-state index in [1.54, 1.807) is 7.11 Å². The van der Waals surface area contributed by atoms with Crippen LogP contribution in [-0.2, 0) is 19.1 Å². The minimum absolute atomic E-state index is 0.0382. The van der Waals surface area contributed by atoms with Crippen molar-refractivity contribution in [3.05, 3.63) is 0 Å². The van der Waals surface area contributed by atoms with Crippen LogP contribution >= 0.6 is 0 Å². The number of nitrogens with zero attached hydrogens (tertiary/aromatic N) is 1. The quantitative estimate of drug-likeness (QED) is 0.723. The van der Waals surface area contributed by atoms with Crippen LogP contribution < -0.4 is 0 Å². The molecule has 22 heavy (non-hydrogen) atoms. The van der Waals surface area contributed by atoms with Crippen molar-refractivity contribution in [1.82, 2.24) is 4.90 Å². The first-order chi connectivity index (χ1) is 10.2. The third-order valence-electron chi connectivity index (χ3n) is 4.54. The molecule has 1 saturated heterocycles. The highest BCUT2D eigenvalue weighted by Gasteiger charge is 2.41. The van der Waals surface area contributed by atoms with Gasteiger partial charge in [-0.05, 0) is 25.2 Å². The van der Waals surface area contributed by atoms with Gasteiger partial charge < -0.3 is 14.4 Å². The largest absolute Gasteiger partial charge is 0.381 e. The lowest BCUT2D eigenvalue weighted by atomic mass is 9.84. The van der Waals surface area contributed by atoms with E-state index in [-0.39, 0.29) is 42.3 Å². The maximum Gasteiger partial charge on any atom is 0.229 e. The molecule has 0 aromatic rings. The molecular formula is C17H31NO4. The molecule has 1 heterocycles. The molecule has 0 N–H and O–H groups in total. The predicted octanol–water partition coefficient (Wildman–Crippen LogP) is 2.28. The van der Waals surface area contributed by atoms with E-state index in [1.807, 2.05) is 11.8 Å². The summed E-state index contributed by atoms with van der Waals surface area (Å²) in [5.41, 5.74) is 0.0452. The summed E-state index contributed by atoms with van der Waals surface area (Å²) in [4.78, 5) is 26.9. The number of carbonyl (C=O) groups excluding carboxylic acids is 2. The second-order valence-corrected chi connectivity index (χ2v) is 7.28. The van der Waals surface area contributed by atoms with Crippen molar-refractivity contribution < 1.29 is 19.1 Å². The van der Waals surface area contributed by atoms with Crippen LogP contribution in [0.2, 0.25) is 0 Å². The molecule has 0 spiro atoms. The third kappa shape index (κ3) is 4.78. The zero-order valence-corrected chi connectivity index (χ0v) is 14.8. The molecule has 1 amide bonds. The van der Waals surface area contributed by atoms with Gasteiger partial charge in [-0.15, -0.1) is 0 Å². The Bertz CT molecular complexity index is 389. The van der Waals surface area contributed by atoms with Gasteiger partial charge in [-0.3, -0.25) is 9.59 Å². The molecule has 1 fully saturated rings. The molecule has 3 unspecified atom stereocenters. The Balaban J connectivity index is 2.89. The van der Waals surface area contributed by atoms with Gasteiger partial charge in [-0.1, -0.05) is 20.8 Å². The standard InChI is InChI=1S/C17H31NO4/c1-12(22-6)14(10-13(19)11-21-5)16(20)18-9-7-8-15(18)17(2,3)4/h12,14-15H,7-11H2,1-6H3. The van der Waals surface area contributed by atoms with Gasteiger partial charge in [0.15, 0.2) is 5.78 Å². The summed E-state index contributed by atoms with van der Waals surface area (Å²) in [6.45, 7) is 9.15. The Morgan fingerprint density at radius 3 is 2.41 bits per heavy atom. The van der Waals surface area contributed by atoms with E-state index < -0.39 is 5.92 Å². The highest BCUT2D eigenvalue weighted by atomic mass is 16.5. The Morgan fingerprint density at radius 1 is 1.27 bits per heavy atom. The van der Waals surface area contributed by atoms with Gasteiger partial charge in [0.1, 0.15) is 6.61 Å². The molecule has 1 rings (SSSR count). The van der Waals surface area contributed by atoms with Crippen LogP contribution in [0.3, 0.4) is 0 Å². The van der Waals surface area contributed by atoms with E-state index in [9.17, 15) is 9.59 Å². The summed E-state index contributed by atoms with van der Waals surface area (Å²) in [6.07, 6.45) is 1.94. The second-order valence-electron chi connectivity index (χ2n) is 7.28. The summed E-state index contributed by atoms with van der Waals surface area (Å²) in [5, 5.41) is 0. The molecule has 0 aliphatic carbocycles. The number of ether oxygens (including phenoxy) is 2. The average Bonchev–Trinajstić information content (AvgIpc) is 2.93. The van der Waals surface area contributed by atoms with E-state index in [1.165, 1.54) is 7.11 Å². The fourth-order valence-electron chi connectivity index (χ4n) is 3.23. The first-order valence-corrected chi connectivity index (χ1v) is 8.06. The fraction of sp³-hybridized carbons (Fsp3) is 0.882. The van der Waals surface area contributed by atoms with Crippen LogP contribution in [0.15, 0.2) is 0 Å². The number of rotatable bonds is 7. The van der Waals surface area contributed by atoms with E-state index in [4.69, 9.17) is 9.47 Å². The fourth-order valence-corrected chi connectivity index (χ4v) is 3.23. The highest BCUT2D eigenvalue weighted by Crippen LogP contribution is 2.34. The van der Waals surface area contributed by atoms with Crippen molar-refractivity contribution in [2.45, 2.75) is 59.1 Å². The van der Waals surface area contributed by atoms with E-state index >= 15 is 0 Å². The van der Waals surface area contributed by atoms with E-state index in [0.717, 1.165) is 19.4 Å². The van der Waals surface area contributed by atoms with Gasteiger partial charge in [0.25, 0.3) is 0 Å². The Labute approximate surface area is 134 Å². The van der Waals surface area contributed by atoms with Gasteiger partial charge in [0.2, 0.25) is 5.91 Å². The predicted molar refractivity (Wildman–Crippen MR) is 85.7 cm³/mol. The molecule has 0 saturated carbocycles. The normalized spacial score (nSPS) is 21.7. The second kappa shape index (κ2) is 8.06. The Morgan fingerprint density at radius 2 is 1.91 bits per heavy atom. The number of methoxy groups -OCH3 is 2. The van der Waals surface area contributed by atoms with Crippen LogP contribution in [0.25, 0.3) is 0 Å². The van der Waals surface area contributed by atoms with Crippen molar-refractivity contribution in [2.75, 3.05) is 27.4 Å². The Kier molecular flexibility index (Phi) is 7.00. The zero-order valence-electron chi connectivity index (χ0n) is 14.8. The summed E-state index contributed by atoms with van der Waals surface area (Å²) in [6, 6.07) is 0.226. The van der Waals surface area contributed by atoms with Gasteiger partial charge >= 0.3 is 0 Å². The molecule has 3 atom stereocenters. The lowest BCUT2D eigenvalue weighted by Crippen LogP contribution is -2.48. The van der Waals surface area contributed by atoms with Gasteiger partial charge in [0.05, 0.1) is 12.0 Å². The summed E-state index contributed by atoms with van der Waals surface area (Å²) in [5.74, 6) is -0.455. The summed E-state index contributed by atoms with van der Waals surface area (Å²) < 4.78 is 10.2. The average molecular weight is 313 g/mol. The number of carbonyl (C=O) groups is 2. The molecule has 5 nitrogen and oxygen atoms in total.